The van der Waals surface area contributed by atoms with Crippen LogP contribution in [0.5, 0.6) is 5.75 Å². The SMILES string of the molecule is COc1cc(-c2cn(-c3cnn(-c4ccccc4)c(=O)c3Cl)nn2)ccc1-n1cnc(C)c1. The Bertz CT molecular complexity index is 1510. The summed E-state index contributed by atoms with van der Waals surface area (Å²) in [6.07, 6.45) is 6.82. The molecule has 2 aromatic carbocycles. The number of hydrogen-bond acceptors (Lipinski definition) is 6. The Morgan fingerprint density at radius 2 is 1.85 bits per heavy atom. The molecule has 164 valence electrons. The van der Waals surface area contributed by atoms with Crippen molar-refractivity contribution in [2.24, 2.45) is 0 Å². The third kappa shape index (κ3) is 3.79. The number of benzene rings is 2. The lowest BCUT2D eigenvalue weighted by molar-refractivity contribution is 0.413. The van der Waals surface area contributed by atoms with Crippen LogP contribution in [-0.4, -0.2) is 41.4 Å². The molecular formula is C23H18ClN7O2. The smallest absolute Gasteiger partial charge is 0.292 e. The van der Waals surface area contributed by atoms with Crippen LogP contribution in [0.1, 0.15) is 5.69 Å². The monoisotopic (exact) mass is 459 g/mol. The van der Waals surface area contributed by atoms with Gasteiger partial charge in [0.05, 0.1) is 42.9 Å². The summed E-state index contributed by atoms with van der Waals surface area (Å²) < 4.78 is 10.1. The van der Waals surface area contributed by atoms with E-state index in [9.17, 15) is 4.79 Å². The minimum absolute atomic E-state index is 0.00582. The molecule has 0 aliphatic heterocycles. The molecule has 0 saturated heterocycles. The van der Waals surface area contributed by atoms with Crippen LogP contribution >= 0.6 is 11.6 Å². The molecule has 3 heterocycles. The van der Waals surface area contributed by atoms with Crippen LogP contribution in [0.3, 0.4) is 0 Å². The molecule has 33 heavy (non-hydrogen) atoms. The van der Waals surface area contributed by atoms with Crippen molar-refractivity contribution in [1.29, 1.82) is 0 Å². The zero-order valence-electron chi connectivity index (χ0n) is 17.8. The van der Waals surface area contributed by atoms with Gasteiger partial charge < -0.3 is 9.30 Å². The largest absolute Gasteiger partial charge is 0.495 e. The van der Waals surface area contributed by atoms with Crippen molar-refractivity contribution in [3.63, 3.8) is 0 Å². The van der Waals surface area contributed by atoms with Gasteiger partial charge in [-0.3, -0.25) is 4.79 Å². The number of ether oxygens (including phenoxy) is 1. The van der Waals surface area contributed by atoms with Gasteiger partial charge >= 0.3 is 0 Å². The molecule has 0 amide bonds. The van der Waals surface area contributed by atoms with Crippen molar-refractivity contribution in [2.45, 2.75) is 6.92 Å². The van der Waals surface area contributed by atoms with E-state index in [-0.39, 0.29) is 5.02 Å². The second kappa shape index (κ2) is 8.36. The van der Waals surface area contributed by atoms with Crippen LogP contribution in [0.4, 0.5) is 0 Å². The molecule has 10 heteroatoms. The number of methoxy groups -OCH3 is 1. The standard InChI is InChI=1S/C23H18ClN7O2/c1-15-12-29(14-25-15)19-9-8-16(10-21(19)33-2)18-13-30(28-27-18)20-11-26-31(23(32)22(20)24)17-6-4-3-5-7-17/h3-14H,1-2H3. The summed E-state index contributed by atoms with van der Waals surface area (Å²) in [5, 5.41) is 12.6. The number of nitrogens with zero attached hydrogens (tertiary/aromatic N) is 7. The number of rotatable bonds is 5. The maximum Gasteiger partial charge on any atom is 0.292 e. The van der Waals surface area contributed by atoms with E-state index in [2.05, 4.69) is 20.4 Å². The Morgan fingerprint density at radius 3 is 2.58 bits per heavy atom. The number of aryl methyl sites for hydroxylation is 1. The van der Waals surface area contributed by atoms with Gasteiger partial charge in [-0.15, -0.1) is 5.10 Å². The molecular weight excluding hydrogens is 442 g/mol. The van der Waals surface area contributed by atoms with E-state index in [1.165, 1.54) is 15.6 Å². The second-order valence-electron chi connectivity index (χ2n) is 7.25. The van der Waals surface area contributed by atoms with Gasteiger partial charge in [0.15, 0.2) is 0 Å². The normalized spacial score (nSPS) is 11.0. The molecule has 0 spiro atoms. The Morgan fingerprint density at radius 1 is 1.03 bits per heavy atom. The van der Waals surface area contributed by atoms with Crippen molar-refractivity contribution in [3.05, 3.63) is 94.5 Å². The zero-order valence-corrected chi connectivity index (χ0v) is 18.5. The molecule has 0 unspecified atom stereocenters. The third-order valence-corrected chi connectivity index (χ3v) is 5.46. The quantitative estimate of drug-likeness (QED) is 0.398. The lowest BCUT2D eigenvalue weighted by atomic mass is 10.1. The zero-order chi connectivity index (χ0) is 22.9. The highest BCUT2D eigenvalue weighted by atomic mass is 35.5. The van der Waals surface area contributed by atoms with Gasteiger partial charge in [0, 0.05) is 11.8 Å². The van der Waals surface area contributed by atoms with E-state index < -0.39 is 5.56 Å². The van der Waals surface area contributed by atoms with Crippen molar-refractivity contribution in [2.75, 3.05) is 7.11 Å². The fourth-order valence-corrected chi connectivity index (χ4v) is 3.67. The molecule has 5 rings (SSSR count). The minimum atomic E-state index is -0.445. The predicted octanol–water partition coefficient (Wildman–Crippen LogP) is 3.64. The third-order valence-electron chi connectivity index (χ3n) is 5.11. The van der Waals surface area contributed by atoms with E-state index in [1.807, 2.05) is 54.1 Å². The van der Waals surface area contributed by atoms with E-state index in [4.69, 9.17) is 16.3 Å². The van der Waals surface area contributed by atoms with Crippen molar-refractivity contribution >= 4 is 11.6 Å². The van der Waals surface area contributed by atoms with E-state index in [0.29, 0.717) is 22.8 Å². The molecule has 0 N–H and O–H groups in total. The van der Waals surface area contributed by atoms with Gasteiger partial charge in [-0.2, -0.15) is 9.78 Å². The molecule has 0 aliphatic carbocycles. The molecule has 0 bridgehead atoms. The van der Waals surface area contributed by atoms with Gasteiger partial charge in [0.1, 0.15) is 22.2 Å². The van der Waals surface area contributed by atoms with Crippen molar-refractivity contribution < 1.29 is 4.74 Å². The second-order valence-corrected chi connectivity index (χ2v) is 7.63. The van der Waals surface area contributed by atoms with Crippen LogP contribution in [0.15, 0.2) is 78.2 Å². The van der Waals surface area contributed by atoms with Crippen LogP contribution < -0.4 is 10.3 Å². The highest BCUT2D eigenvalue weighted by molar-refractivity contribution is 6.32. The Balaban J connectivity index is 1.50. The van der Waals surface area contributed by atoms with Crippen LogP contribution in [0.25, 0.3) is 28.3 Å². The molecule has 0 fully saturated rings. The van der Waals surface area contributed by atoms with Crippen LogP contribution in [0.2, 0.25) is 5.02 Å². The average molecular weight is 460 g/mol. The van der Waals surface area contributed by atoms with Crippen molar-refractivity contribution in [1.82, 2.24) is 34.3 Å². The summed E-state index contributed by atoms with van der Waals surface area (Å²) in [6, 6.07) is 14.8. The first-order valence-electron chi connectivity index (χ1n) is 10.0. The number of imidazole rings is 1. The molecule has 0 atom stereocenters. The minimum Gasteiger partial charge on any atom is -0.495 e. The maximum absolute atomic E-state index is 12.8. The number of halogens is 1. The van der Waals surface area contributed by atoms with Gasteiger partial charge in [-0.25, -0.2) is 9.67 Å². The fourth-order valence-electron chi connectivity index (χ4n) is 3.45. The summed E-state index contributed by atoms with van der Waals surface area (Å²) in [5.41, 5.74) is 3.65. The molecule has 0 saturated carbocycles. The van der Waals surface area contributed by atoms with Gasteiger partial charge in [-0.1, -0.05) is 41.1 Å². The van der Waals surface area contributed by atoms with Gasteiger partial charge in [-0.05, 0) is 31.2 Å². The van der Waals surface area contributed by atoms with E-state index in [0.717, 1.165) is 16.9 Å². The summed E-state index contributed by atoms with van der Waals surface area (Å²) in [7, 11) is 1.61. The summed E-state index contributed by atoms with van der Waals surface area (Å²) >= 11 is 6.39. The van der Waals surface area contributed by atoms with E-state index in [1.54, 1.807) is 31.8 Å². The number of aromatic nitrogens is 7. The van der Waals surface area contributed by atoms with Crippen LogP contribution in [0, 0.1) is 6.92 Å². The van der Waals surface area contributed by atoms with Crippen LogP contribution in [-0.2, 0) is 0 Å². The first kappa shape index (κ1) is 20.7. The fraction of sp³-hybridized carbons (Fsp3) is 0.0870. The Labute approximate surface area is 193 Å². The summed E-state index contributed by atoms with van der Waals surface area (Å²) in [5.74, 6) is 0.657. The summed E-state index contributed by atoms with van der Waals surface area (Å²) in [4.78, 5) is 17.0. The highest BCUT2D eigenvalue weighted by Crippen LogP contribution is 2.29. The topological polar surface area (TPSA) is 92.6 Å². The molecule has 0 aliphatic rings. The molecule has 5 aromatic rings. The summed E-state index contributed by atoms with van der Waals surface area (Å²) in [6.45, 7) is 1.92. The lowest BCUT2D eigenvalue weighted by Gasteiger charge is -2.10. The predicted molar refractivity (Wildman–Crippen MR) is 124 cm³/mol. The van der Waals surface area contributed by atoms with E-state index >= 15 is 0 Å². The molecule has 0 radical (unpaired) electrons. The Hall–Kier alpha value is -4.24. The van der Waals surface area contributed by atoms with Gasteiger partial charge in [0.2, 0.25) is 0 Å². The Kier molecular flexibility index (Phi) is 5.23. The number of hydrogen-bond donors (Lipinski definition) is 0. The molecule has 3 aromatic heterocycles. The van der Waals surface area contributed by atoms with Gasteiger partial charge in [0.25, 0.3) is 5.56 Å². The highest BCUT2D eigenvalue weighted by Gasteiger charge is 2.16. The number of para-hydroxylation sites is 1. The van der Waals surface area contributed by atoms with Crippen molar-refractivity contribution in [3.8, 4) is 34.1 Å². The lowest BCUT2D eigenvalue weighted by Crippen LogP contribution is -2.23. The maximum atomic E-state index is 12.8. The average Bonchev–Trinajstić information content (AvgIpc) is 3.50. The first-order valence-corrected chi connectivity index (χ1v) is 10.4. The molecule has 9 nitrogen and oxygen atoms in total. The first-order chi connectivity index (χ1) is 16.0.